The van der Waals surface area contributed by atoms with Crippen molar-refractivity contribution in [3.8, 4) is 0 Å². The van der Waals surface area contributed by atoms with Crippen molar-refractivity contribution in [1.29, 1.82) is 0 Å². The van der Waals surface area contributed by atoms with E-state index in [4.69, 9.17) is 15.0 Å². The van der Waals surface area contributed by atoms with Crippen LogP contribution in [0.3, 0.4) is 0 Å². The van der Waals surface area contributed by atoms with Gasteiger partial charge in [0.2, 0.25) is 0 Å². The molecule has 0 atom stereocenters. The van der Waals surface area contributed by atoms with Crippen LogP contribution in [0.1, 0.15) is 0 Å². The first-order valence-electron chi connectivity index (χ1n) is 0.651. The standard InChI is InChI=1S/CH2O3.Al.H2O.Pb.5H/c2-1(3)4;;;;;;;;/h(H2,2,3,4);;1H2;;;;;;. The van der Waals surface area contributed by atoms with Crippen LogP contribution in [-0.4, -0.2) is 66.5 Å². The van der Waals surface area contributed by atoms with Crippen molar-refractivity contribution in [3.05, 3.63) is 0 Å². The molecule has 0 heterocycles. The molecule has 2 radical (unpaired) electrons. The zero-order valence-corrected chi connectivity index (χ0v) is 8.51. The molecule has 4 N–H and O–H groups in total. The molecule has 0 fully saturated rings. The first-order valence-corrected chi connectivity index (χ1v) is 0.651. The number of rotatable bonds is 0. The van der Waals surface area contributed by atoms with E-state index in [2.05, 4.69) is 0 Å². The topological polar surface area (TPSA) is 89.0 Å². The molecule has 6 heteroatoms. The van der Waals surface area contributed by atoms with E-state index in [1.165, 1.54) is 0 Å². The Hall–Kier alpha value is 0.685. The monoisotopic (exact) mass is 320 g/mol. The van der Waals surface area contributed by atoms with Crippen molar-refractivity contribution in [2.24, 2.45) is 0 Å². The second-order valence-electron chi connectivity index (χ2n) is 0.283. The second-order valence-corrected chi connectivity index (χ2v) is 0.283. The summed E-state index contributed by atoms with van der Waals surface area (Å²) < 4.78 is 0. The molecule has 7 heavy (non-hydrogen) atoms. The van der Waals surface area contributed by atoms with Crippen LogP contribution in [0.15, 0.2) is 0 Å². The molecule has 4 nitrogen and oxygen atoms in total. The molecule has 0 rings (SSSR count). The Kier molecular flexibility index (Phi) is 57.5. The predicted octanol–water partition coefficient (Wildman–Crippen LogP) is -2.70. The van der Waals surface area contributed by atoms with Crippen LogP contribution < -0.4 is 0 Å². The average Bonchev–Trinajstić information content (AvgIpc) is 0.811. The number of hydrogen-bond acceptors (Lipinski definition) is 1. The molecule has 0 unspecified atom stereocenters. The van der Waals surface area contributed by atoms with Crippen LogP contribution in [0.4, 0.5) is 4.79 Å². The van der Waals surface area contributed by atoms with Gasteiger partial charge in [-0.2, -0.15) is 0 Å². The molecule has 44 valence electrons. The first-order chi connectivity index (χ1) is 1.73. The van der Waals surface area contributed by atoms with Gasteiger partial charge in [-0.1, -0.05) is 0 Å². The molecule has 0 aromatic heterocycles. The Morgan fingerprint density at radius 1 is 1.29 bits per heavy atom. The molecule has 0 aromatic rings. The van der Waals surface area contributed by atoms with Crippen molar-refractivity contribution in [3.63, 3.8) is 0 Å². The van der Waals surface area contributed by atoms with Crippen molar-refractivity contribution in [1.82, 2.24) is 0 Å². The third kappa shape index (κ3) is 313. The maximum atomic E-state index is 8.56. The van der Waals surface area contributed by atoms with Crippen molar-refractivity contribution in [2.45, 2.75) is 0 Å². The number of hydrogen-bond donors (Lipinski definition) is 2. The Morgan fingerprint density at radius 3 is 1.29 bits per heavy atom. The number of carbonyl (C=O) groups is 1. The summed E-state index contributed by atoms with van der Waals surface area (Å²) in [7, 11) is 0. The zero-order chi connectivity index (χ0) is 3.58. The summed E-state index contributed by atoms with van der Waals surface area (Å²) in [4.78, 5) is 8.56. The van der Waals surface area contributed by atoms with E-state index in [1.54, 1.807) is 0 Å². The van der Waals surface area contributed by atoms with Crippen molar-refractivity contribution in [2.75, 3.05) is 0 Å². The fraction of sp³-hybridized carbons (Fsp3) is 0. The maximum absolute atomic E-state index is 8.56. The zero-order valence-electron chi connectivity index (χ0n) is 3.01. The summed E-state index contributed by atoms with van der Waals surface area (Å²) in [5, 5.41) is 13.9. The van der Waals surface area contributed by atoms with Crippen molar-refractivity contribution >= 4 is 50.8 Å². The van der Waals surface area contributed by atoms with E-state index >= 15 is 0 Å². The van der Waals surface area contributed by atoms with Gasteiger partial charge >= 0.3 is 33.5 Å². The quantitative estimate of drug-likeness (QED) is 0.476. The SMILES string of the molecule is O.O=C(O)O.[AlH3].[PbH2]. The molecule has 0 amide bonds. The Balaban J connectivity index is -0.0000000150. The van der Waals surface area contributed by atoms with Gasteiger partial charge in [0.15, 0.2) is 17.4 Å². The minimum absolute atomic E-state index is 0. The Bertz CT molecular complexity index is 34.7. The third-order valence-corrected chi connectivity index (χ3v) is 0. The molecule has 0 aliphatic carbocycles. The molecule has 0 aliphatic heterocycles. The average molecular weight is 319 g/mol. The van der Waals surface area contributed by atoms with E-state index in [0.717, 1.165) is 0 Å². The van der Waals surface area contributed by atoms with Gasteiger partial charge in [-0.05, 0) is 0 Å². The Labute approximate surface area is 71.1 Å². The fourth-order valence-corrected chi connectivity index (χ4v) is 0. The molecule has 0 saturated heterocycles. The summed E-state index contributed by atoms with van der Waals surface area (Å²) >= 11 is 0. The molecule has 0 aromatic carbocycles. The second kappa shape index (κ2) is 15.9. The molecular weight excluding hydrogens is 310 g/mol. The van der Waals surface area contributed by atoms with E-state index in [1.807, 2.05) is 0 Å². The Morgan fingerprint density at radius 2 is 1.29 bits per heavy atom. The van der Waals surface area contributed by atoms with E-state index < -0.39 is 6.16 Å². The van der Waals surface area contributed by atoms with E-state index in [-0.39, 0.29) is 50.1 Å². The van der Waals surface area contributed by atoms with Gasteiger partial charge in [-0.15, -0.1) is 0 Å². The van der Waals surface area contributed by atoms with Crippen LogP contribution in [0, 0.1) is 0 Å². The van der Waals surface area contributed by atoms with E-state index in [0.29, 0.717) is 0 Å². The van der Waals surface area contributed by atoms with Crippen LogP contribution in [0.25, 0.3) is 0 Å². The third-order valence-electron chi connectivity index (χ3n) is 0. The fourth-order valence-electron chi connectivity index (χ4n) is 0. The molecule has 0 saturated carbocycles. The first kappa shape index (κ1) is 25.3. The van der Waals surface area contributed by atoms with Crippen LogP contribution in [0.5, 0.6) is 0 Å². The summed E-state index contributed by atoms with van der Waals surface area (Å²) in [6, 6.07) is 0. The summed E-state index contributed by atoms with van der Waals surface area (Å²) in [6.45, 7) is 0. The summed E-state index contributed by atoms with van der Waals surface area (Å²) in [5.74, 6) is 0. The van der Waals surface area contributed by atoms with Gasteiger partial charge in [0.1, 0.15) is 0 Å². The van der Waals surface area contributed by atoms with Gasteiger partial charge in [0, 0.05) is 0 Å². The normalized spacial score (nSPS) is 3.43. The minimum atomic E-state index is -1.83. The van der Waals surface area contributed by atoms with E-state index in [9.17, 15) is 0 Å². The molecule has 0 aliphatic rings. The van der Waals surface area contributed by atoms with Crippen LogP contribution in [0.2, 0.25) is 0 Å². The van der Waals surface area contributed by atoms with Crippen LogP contribution >= 0.6 is 0 Å². The van der Waals surface area contributed by atoms with Gasteiger partial charge in [0.25, 0.3) is 0 Å². The van der Waals surface area contributed by atoms with Gasteiger partial charge in [-0.3, -0.25) is 0 Å². The van der Waals surface area contributed by atoms with Crippen LogP contribution in [-0.2, 0) is 0 Å². The molecule has 0 bridgehead atoms. The summed E-state index contributed by atoms with van der Waals surface area (Å²) in [6.07, 6.45) is -1.83. The van der Waals surface area contributed by atoms with Gasteiger partial charge in [0.05, 0.1) is 0 Å². The van der Waals surface area contributed by atoms with Crippen molar-refractivity contribution < 1.29 is 20.5 Å². The summed E-state index contributed by atoms with van der Waals surface area (Å²) in [5.41, 5.74) is 0. The van der Waals surface area contributed by atoms with Gasteiger partial charge in [-0.25, -0.2) is 4.79 Å². The molecular formula is CH9AlO4Pb. The number of carboxylic acid groups (broad SMARTS) is 2. The predicted molar refractivity (Wildman–Crippen MR) is 32.8 cm³/mol. The molecule has 0 spiro atoms. The van der Waals surface area contributed by atoms with Gasteiger partial charge < -0.3 is 15.7 Å².